The number of nitrogens with zero attached hydrogens (tertiary/aromatic N) is 1. The average molecular weight is 201 g/mol. The minimum atomic E-state index is -0.225. The van der Waals surface area contributed by atoms with Crippen LogP contribution in [0.25, 0.3) is 11.3 Å². The van der Waals surface area contributed by atoms with Gasteiger partial charge in [0.1, 0.15) is 0 Å². The van der Waals surface area contributed by atoms with Crippen molar-refractivity contribution >= 4 is 0 Å². The monoisotopic (exact) mass is 201 g/mol. The van der Waals surface area contributed by atoms with Crippen LogP contribution in [-0.2, 0) is 6.54 Å². The van der Waals surface area contributed by atoms with Crippen LogP contribution in [0.15, 0.2) is 41.2 Å². The molecule has 4 heteroatoms. The first-order chi connectivity index (χ1) is 7.31. The molecule has 2 aromatic rings. The van der Waals surface area contributed by atoms with Crippen LogP contribution in [0.3, 0.4) is 0 Å². The van der Waals surface area contributed by atoms with Crippen LogP contribution < -0.4 is 11.3 Å². The van der Waals surface area contributed by atoms with Crippen LogP contribution in [0.2, 0.25) is 0 Å². The predicted octanol–water partition coefficient (Wildman–Crippen LogP) is 0.896. The second-order valence-corrected chi connectivity index (χ2v) is 3.18. The standard InChI is InChI=1S/C11H11N3O/c12-7-9-6-10(13-14-11(9)15)8-4-2-1-3-5-8/h1-6H,7,12H2,(H,14,15). The van der Waals surface area contributed by atoms with Crippen LogP contribution in [0, 0.1) is 0 Å². The van der Waals surface area contributed by atoms with Crippen molar-refractivity contribution in [3.05, 3.63) is 52.3 Å². The maximum atomic E-state index is 11.2. The molecular weight excluding hydrogens is 190 g/mol. The third kappa shape index (κ3) is 1.94. The minimum absolute atomic E-state index is 0.220. The number of hydrogen-bond donors (Lipinski definition) is 2. The number of rotatable bonds is 2. The summed E-state index contributed by atoms with van der Waals surface area (Å²) in [6.07, 6.45) is 0. The van der Waals surface area contributed by atoms with Crippen LogP contribution in [-0.4, -0.2) is 10.2 Å². The van der Waals surface area contributed by atoms with Crippen molar-refractivity contribution < 1.29 is 0 Å². The summed E-state index contributed by atoms with van der Waals surface area (Å²) in [7, 11) is 0. The number of aromatic amines is 1. The molecule has 0 bridgehead atoms. The van der Waals surface area contributed by atoms with Gasteiger partial charge >= 0.3 is 0 Å². The summed E-state index contributed by atoms with van der Waals surface area (Å²) in [6, 6.07) is 11.4. The first-order valence-electron chi connectivity index (χ1n) is 4.65. The van der Waals surface area contributed by atoms with E-state index >= 15 is 0 Å². The second-order valence-electron chi connectivity index (χ2n) is 3.18. The van der Waals surface area contributed by atoms with Crippen molar-refractivity contribution in [3.63, 3.8) is 0 Å². The van der Waals surface area contributed by atoms with Gasteiger partial charge < -0.3 is 5.73 Å². The van der Waals surface area contributed by atoms with E-state index in [0.29, 0.717) is 5.56 Å². The molecule has 1 heterocycles. The highest BCUT2D eigenvalue weighted by atomic mass is 16.1. The van der Waals surface area contributed by atoms with Gasteiger partial charge in [-0.2, -0.15) is 5.10 Å². The number of hydrogen-bond acceptors (Lipinski definition) is 3. The van der Waals surface area contributed by atoms with Crippen molar-refractivity contribution in [1.29, 1.82) is 0 Å². The molecule has 0 saturated carbocycles. The Morgan fingerprint density at radius 3 is 2.67 bits per heavy atom. The Balaban J connectivity index is 2.51. The van der Waals surface area contributed by atoms with Crippen molar-refractivity contribution in [1.82, 2.24) is 10.2 Å². The Labute approximate surface area is 86.8 Å². The maximum Gasteiger partial charge on any atom is 0.268 e. The van der Waals surface area contributed by atoms with Gasteiger partial charge in [-0.25, -0.2) is 5.10 Å². The fourth-order valence-corrected chi connectivity index (χ4v) is 1.35. The molecule has 0 fully saturated rings. The number of nitrogens with two attached hydrogens (primary N) is 1. The maximum absolute atomic E-state index is 11.2. The fraction of sp³-hybridized carbons (Fsp3) is 0.0909. The third-order valence-corrected chi connectivity index (χ3v) is 2.17. The van der Waals surface area contributed by atoms with Crippen molar-refractivity contribution in [2.24, 2.45) is 5.73 Å². The molecule has 0 amide bonds. The molecule has 1 aromatic heterocycles. The van der Waals surface area contributed by atoms with Crippen LogP contribution >= 0.6 is 0 Å². The molecule has 2 rings (SSSR count). The van der Waals surface area contributed by atoms with E-state index in [-0.39, 0.29) is 12.1 Å². The zero-order valence-corrected chi connectivity index (χ0v) is 8.10. The summed E-state index contributed by atoms with van der Waals surface area (Å²) < 4.78 is 0. The van der Waals surface area contributed by atoms with Crippen LogP contribution in [0.4, 0.5) is 0 Å². The van der Waals surface area contributed by atoms with E-state index in [9.17, 15) is 4.79 Å². The van der Waals surface area contributed by atoms with E-state index in [2.05, 4.69) is 10.2 Å². The third-order valence-electron chi connectivity index (χ3n) is 2.17. The lowest BCUT2D eigenvalue weighted by Gasteiger charge is -2.01. The van der Waals surface area contributed by atoms with Gasteiger partial charge in [-0.15, -0.1) is 0 Å². The number of H-pyrrole nitrogens is 1. The van der Waals surface area contributed by atoms with Gasteiger partial charge in [0.2, 0.25) is 0 Å². The van der Waals surface area contributed by atoms with E-state index < -0.39 is 0 Å². The summed E-state index contributed by atoms with van der Waals surface area (Å²) in [5.41, 5.74) is 7.46. The highest BCUT2D eigenvalue weighted by Gasteiger charge is 2.02. The van der Waals surface area contributed by atoms with Crippen molar-refractivity contribution in [2.45, 2.75) is 6.54 Å². The van der Waals surface area contributed by atoms with Gasteiger partial charge in [0.15, 0.2) is 0 Å². The fourth-order valence-electron chi connectivity index (χ4n) is 1.35. The Morgan fingerprint density at radius 1 is 1.27 bits per heavy atom. The van der Waals surface area contributed by atoms with E-state index in [1.165, 1.54) is 0 Å². The van der Waals surface area contributed by atoms with Gasteiger partial charge in [-0.3, -0.25) is 4.79 Å². The Bertz CT molecular complexity index is 505. The highest BCUT2D eigenvalue weighted by Crippen LogP contribution is 2.14. The van der Waals surface area contributed by atoms with Gasteiger partial charge in [0.05, 0.1) is 5.69 Å². The first-order valence-corrected chi connectivity index (χ1v) is 4.65. The van der Waals surface area contributed by atoms with Gasteiger partial charge in [0, 0.05) is 17.7 Å². The molecule has 0 aliphatic heterocycles. The van der Waals surface area contributed by atoms with Crippen molar-refractivity contribution in [2.75, 3.05) is 0 Å². The zero-order valence-electron chi connectivity index (χ0n) is 8.10. The van der Waals surface area contributed by atoms with E-state index in [0.717, 1.165) is 11.3 Å². The number of nitrogens with one attached hydrogen (secondary N) is 1. The second kappa shape index (κ2) is 4.06. The number of aromatic nitrogens is 2. The molecule has 4 nitrogen and oxygen atoms in total. The molecular formula is C11H11N3O. The predicted molar refractivity (Wildman–Crippen MR) is 58.2 cm³/mol. The largest absolute Gasteiger partial charge is 0.326 e. The summed E-state index contributed by atoms with van der Waals surface area (Å²) >= 11 is 0. The molecule has 0 radical (unpaired) electrons. The van der Waals surface area contributed by atoms with E-state index in [1.807, 2.05) is 30.3 Å². The minimum Gasteiger partial charge on any atom is -0.326 e. The normalized spacial score (nSPS) is 10.2. The average Bonchev–Trinajstić information content (AvgIpc) is 2.31. The molecule has 1 aromatic carbocycles. The molecule has 0 unspecified atom stereocenters. The summed E-state index contributed by atoms with van der Waals surface area (Å²) in [4.78, 5) is 11.2. The zero-order chi connectivity index (χ0) is 10.7. The lowest BCUT2D eigenvalue weighted by atomic mass is 10.1. The first kappa shape index (κ1) is 9.61. The molecule has 3 N–H and O–H groups in total. The summed E-state index contributed by atoms with van der Waals surface area (Å²) in [5.74, 6) is 0. The van der Waals surface area contributed by atoms with E-state index in [1.54, 1.807) is 6.07 Å². The molecule has 0 saturated heterocycles. The molecule has 0 spiro atoms. The van der Waals surface area contributed by atoms with Gasteiger partial charge in [-0.1, -0.05) is 30.3 Å². The number of benzene rings is 1. The van der Waals surface area contributed by atoms with Gasteiger partial charge in [-0.05, 0) is 6.07 Å². The van der Waals surface area contributed by atoms with Gasteiger partial charge in [0.25, 0.3) is 5.56 Å². The summed E-state index contributed by atoms with van der Waals surface area (Å²) in [5, 5.41) is 6.40. The smallest absolute Gasteiger partial charge is 0.268 e. The lowest BCUT2D eigenvalue weighted by Crippen LogP contribution is -2.17. The topological polar surface area (TPSA) is 71.8 Å². The van der Waals surface area contributed by atoms with Crippen molar-refractivity contribution in [3.8, 4) is 11.3 Å². The Hall–Kier alpha value is -1.94. The molecule has 15 heavy (non-hydrogen) atoms. The highest BCUT2D eigenvalue weighted by molar-refractivity contribution is 5.58. The summed E-state index contributed by atoms with van der Waals surface area (Å²) in [6.45, 7) is 0.220. The SMILES string of the molecule is NCc1cc(-c2ccccc2)n[nH]c1=O. The van der Waals surface area contributed by atoms with E-state index in [4.69, 9.17) is 5.73 Å². The van der Waals surface area contributed by atoms with Crippen LogP contribution in [0.5, 0.6) is 0 Å². The molecule has 0 aliphatic rings. The Morgan fingerprint density at radius 2 is 2.00 bits per heavy atom. The lowest BCUT2D eigenvalue weighted by molar-refractivity contribution is 0.930. The molecule has 0 atom stereocenters. The quantitative estimate of drug-likeness (QED) is 0.758. The van der Waals surface area contributed by atoms with Crippen LogP contribution in [0.1, 0.15) is 5.56 Å². The molecule has 76 valence electrons. The molecule has 0 aliphatic carbocycles. The Kier molecular flexibility index (Phi) is 2.60.